The molecule has 0 aromatic rings. The number of rotatable bonds is 0. The van der Waals surface area contributed by atoms with Gasteiger partial charge >= 0.3 is 0 Å². The highest BCUT2D eigenvalue weighted by molar-refractivity contribution is 4.55. The Labute approximate surface area is 60.3 Å². The molecule has 2 nitrogen and oxygen atoms in total. The first kappa shape index (κ1) is 11.7. The molecule has 0 bridgehead atoms. The van der Waals surface area contributed by atoms with E-state index >= 15 is 0 Å². The third-order valence-electron chi connectivity index (χ3n) is 0.957. The molecule has 0 unspecified atom stereocenters. The summed E-state index contributed by atoms with van der Waals surface area (Å²) < 4.78 is 0. The van der Waals surface area contributed by atoms with Crippen molar-refractivity contribution < 1.29 is 1.43 Å². The van der Waals surface area contributed by atoms with Crippen molar-refractivity contribution in [2.24, 2.45) is 5.73 Å². The summed E-state index contributed by atoms with van der Waals surface area (Å²) in [4.78, 5) is 0. The van der Waals surface area contributed by atoms with Gasteiger partial charge in [0.05, 0.1) is 0 Å². The van der Waals surface area contributed by atoms with E-state index in [1.54, 1.807) is 0 Å². The van der Waals surface area contributed by atoms with Crippen molar-refractivity contribution in [3.05, 3.63) is 0 Å². The first-order valence-corrected chi connectivity index (χ1v) is 3.78. The monoisotopic (exact) mass is 134 g/mol. The van der Waals surface area contributed by atoms with Crippen molar-refractivity contribution in [3.63, 3.8) is 0 Å². The standard InChI is InChI=1S/C4H9N.C2H6.CH5N.H2/c1-2-4-5-3-1;2*1-2;/h5H,1-4H2;1-2H3;2H2,1H3;1H. The molecule has 0 saturated carbocycles. The molecule has 9 heavy (non-hydrogen) atoms. The van der Waals surface area contributed by atoms with E-state index in [-0.39, 0.29) is 1.43 Å². The lowest BCUT2D eigenvalue weighted by Crippen LogP contribution is -2.03. The van der Waals surface area contributed by atoms with Gasteiger partial charge in [-0.15, -0.1) is 0 Å². The Kier molecular flexibility index (Phi) is 20.3. The second kappa shape index (κ2) is 15.7. The minimum atomic E-state index is 0. The Bertz CT molecular complexity index is 23.2. The van der Waals surface area contributed by atoms with Gasteiger partial charge in [0.25, 0.3) is 0 Å². The van der Waals surface area contributed by atoms with Gasteiger partial charge in [-0.2, -0.15) is 0 Å². The molecule has 1 heterocycles. The summed E-state index contributed by atoms with van der Waals surface area (Å²) in [5, 5.41) is 3.22. The molecule has 0 atom stereocenters. The summed E-state index contributed by atoms with van der Waals surface area (Å²) in [5.41, 5.74) is 4.50. The van der Waals surface area contributed by atoms with E-state index < -0.39 is 0 Å². The lowest BCUT2D eigenvalue weighted by Gasteiger charge is -1.76. The van der Waals surface area contributed by atoms with E-state index in [0.29, 0.717) is 0 Å². The zero-order chi connectivity index (χ0) is 7.54. The lowest BCUT2D eigenvalue weighted by atomic mass is 10.4. The van der Waals surface area contributed by atoms with Crippen LogP contribution >= 0.6 is 0 Å². The second-order valence-corrected chi connectivity index (χ2v) is 1.46. The number of hydrogen-bond acceptors (Lipinski definition) is 2. The SMILES string of the molecule is C1CCNC1.CC.CN.[HH]. The van der Waals surface area contributed by atoms with E-state index in [9.17, 15) is 0 Å². The average molecular weight is 134 g/mol. The van der Waals surface area contributed by atoms with Crippen molar-refractivity contribution in [3.8, 4) is 0 Å². The quantitative estimate of drug-likeness (QED) is 0.523. The highest BCUT2D eigenvalue weighted by atomic mass is 14.9. The van der Waals surface area contributed by atoms with Crippen LogP contribution in [0.15, 0.2) is 0 Å². The Morgan fingerprint density at radius 1 is 1.11 bits per heavy atom. The van der Waals surface area contributed by atoms with Crippen LogP contribution in [-0.2, 0) is 0 Å². The van der Waals surface area contributed by atoms with E-state index in [1.165, 1.54) is 33.0 Å². The highest BCUT2D eigenvalue weighted by Crippen LogP contribution is 1.90. The predicted octanol–water partition coefficient (Wildman–Crippen LogP) is 1.22. The molecular formula is C7H22N2. The lowest BCUT2D eigenvalue weighted by molar-refractivity contribution is 0.857. The van der Waals surface area contributed by atoms with Crippen LogP contribution in [0.25, 0.3) is 0 Å². The topological polar surface area (TPSA) is 38.0 Å². The van der Waals surface area contributed by atoms with Crippen molar-refractivity contribution >= 4 is 0 Å². The number of nitrogens with two attached hydrogens (primary N) is 1. The predicted molar refractivity (Wildman–Crippen MR) is 45.7 cm³/mol. The molecule has 1 aliphatic rings. The second-order valence-electron chi connectivity index (χ2n) is 1.46. The highest BCUT2D eigenvalue weighted by Gasteiger charge is 1.93. The Balaban J connectivity index is -0.0000000875. The van der Waals surface area contributed by atoms with Gasteiger partial charge in [0, 0.05) is 1.43 Å². The molecule has 0 radical (unpaired) electrons. The summed E-state index contributed by atoms with van der Waals surface area (Å²) in [5.74, 6) is 0. The van der Waals surface area contributed by atoms with Crippen LogP contribution in [0.3, 0.4) is 0 Å². The van der Waals surface area contributed by atoms with Gasteiger partial charge in [-0.25, -0.2) is 0 Å². The Morgan fingerprint density at radius 3 is 1.56 bits per heavy atom. The fourth-order valence-electron chi connectivity index (χ4n) is 0.625. The molecule has 1 aliphatic heterocycles. The largest absolute Gasteiger partial charge is 0.333 e. The van der Waals surface area contributed by atoms with Crippen molar-refractivity contribution in [1.29, 1.82) is 0 Å². The van der Waals surface area contributed by atoms with E-state index in [1.807, 2.05) is 13.8 Å². The van der Waals surface area contributed by atoms with Crippen molar-refractivity contribution in [1.82, 2.24) is 5.32 Å². The molecule has 0 spiro atoms. The van der Waals surface area contributed by atoms with Gasteiger partial charge in [0.2, 0.25) is 0 Å². The third kappa shape index (κ3) is 11.5. The molecule has 0 amide bonds. The minimum absolute atomic E-state index is 0. The molecule has 1 rings (SSSR count). The molecule has 1 fully saturated rings. The molecule has 1 saturated heterocycles. The number of nitrogens with one attached hydrogen (secondary N) is 1. The van der Waals surface area contributed by atoms with Crippen LogP contribution in [0.2, 0.25) is 0 Å². The molecule has 60 valence electrons. The first-order valence-electron chi connectivity index (χ1n) is 3.78. The normalized spacial score (nSPS) is 14.7. The van der Waals surface area contributed by atoms with Crippen LogP contribution in [0.5, 0.6) is 0 Å². The molecule has 0 aromatic carbocycles. The molecule has 0 aliphatic carbocycles. The van der Waals surface area contributed by atoms with Gasteiger partial charge in [-0.05, 0) is 33.0 Å². The fourth-order valence-corrected chi connectivity index (χ4v) is 0.625. The van der Waals surface area contributed by atoms with Gasteiger partial charge in [-0.3, -0.25) is 0 Å². The summed E-state index contributed by atoms with van der Waals surface area (Å²) in [6.07, 6.45) is 2.78. The van der Waals surface area contributed by atoms with Crippen molar-refractivity contribution in [2.75, 3.05) is 20.1 Å². The maximum absolute atomic E-state index is 4.50. The van der Waals surface area contributed by atoms with Crippen LogP contribution in [0, 0.1) is 0 Å². The van der Waals surface area contributed by atoms with E-state index in [4.69, 9.17) is 0 Å². The minimum Gasteiger partial charge on any atom is -0.333 e. The van der Waals surface area contributed by atoms with Crippen LogP contribution in [-0.4, -0.2) is 20.1 Å². The third-order valence-corrected chi connectivity index (χ3v) is 0.957. The summed E-state index contributed by atoms with van der Waals surface area (Å²) in [6, 6.07) is 0. The van der Waals surface area contributed by atoms with Crippen LogP contribution in [0.4, 0.5) is 0 Å². The van der Waals surface area contributed by atoms with Gasteiger partial charge in [-0.1, -0.05) is 13.8 Å². The van der Waals surface area contributed by atoms with E-state index in [0.717, 1.165) is 0 Å². The molecule has 0 aromatic heterocycles. The van der Waals surface area contributed by atoms with Gasteiger partial charge in [0.1, 0.15) is 0 Å². The summed E-state index contributed by atoms with van der Waals surface area (Å²) in [6.45, 7) is 6.50. The molecular weight excluding hydrogens is 112 g/mol. The molecule has 3 N–H and O–H groups in total. The van der Waals surface area contributed by atoms with Crippen molar-refractivity contribution in [2.45, 2.75) is 26.7 Å². The number of hydrogen-bond donors (Lipinski definition) is 2. The van der Waals surface area contributed by atoms with Gasteiger partial charge < -0.3 is 11.1 Å². The molecule has 2 heteroatoms. The van der Waals surface area contributed by atoms with E-state index in [2.05, 4.69) is 11.1 Å². The van der Waals surface area contributed by atoms with Gasteiger partial charge in [0.15, 0.2) is 0 Å². The Morgan fingerprint density at radius 2 is 1.44 bits per heavy atom. The van der Waals surface area contributed by atoms with Crippen LogP contribution < -0.4 is 11.1 Å². The smallest absolute Gasteiger partial charge is 0 e. The maximum atomic E-state index is 4.50. The first-order chi connectivity index (χ1) is 4.50. The fraction of sp³-hybridized carbons (Fsp3) is 1.00. The van der Waals surface area contributed by atoms with Crippen LogP contribution in [0.1, 0.15) is 28.1 Å². The maximum Gasteiger partial charge on any atom is 0 e. The summed E-state index contributed by atoms with van der Waals surface area (Å²) >= 11 is 0. The average Bonchev–Trinajstić information content (AvgIpc) is 2.51. The Hall–Kier alpha value is -0.0800. The zero-order valence-electron chi connectivity index (χ0n) is 6.91. The zero-order valence-corrected chi connectivity index (χ0v) is 6.91. The summed E-state index contributed by atoms with van der Waals surface area (Å²) in [7, 11) is 1.50.